The number of hydrogen-bond donors (Lipinski definition) is 1. The fraction of sp³-hybridized carbons (Fsp3) is 0.333. The van der Waals surface area contributed by atoms with E-state index >= 15 is 0 Å². The van der Waals surface area contributed by atoms with Gasteiger partial charge in [0.15, 0.2) is 0 Å². The highest BCUT2D eigenvalue weighted by Gasteiger charge is 2.06. The minimum atomic E-state index is -0.478. The maximum atomic E-state index is 9.61. The second kappa shape index (κ2) is 4.45. The van der Waals surface area contributed by atoms with Crippen LogP contribution in [0.5, 0.6) is 0 Å². The van der Waals surface area contributed by atoms with Crippen molar-refractivity contribution in [3.8, 4) is 5.69 Å². The summed E-state index contributed by atoms with van der Waals surface area (Å²) in [6.07, 6.45) is 5.66. The fourth-order valence-electron chi connectivity index (χ4n) is 1.49. The van der Waals surface area contributed by atoms with E-state index in [1.165, 1.54) is 0 Å². The van der Waals surface area contributed by atoms with Crippen molar-refractivity contribution in [1.29, 1.82) is 0 Å². The summed E-state index contributed by atoms with van der Waals surface area (Å²) in [6, 6.07) is 3.74. The monoisotopic (exact) mass is 217 g/mol. The Hall–Kier alpha value is -1.68. The molecule has 0 aromatic carbocycles. The van der Waals surface area contributed by atoms with Crippen molar-refractivity contribution in [3.63, 3.8) is 0 Å². The molecule has 2 aromatic heterocycles. The average molecular weight is 217 g/mol. The van der Waals surface area contributed by atoms with Crippen LogP contribution in [-0.4, -0.2) is 19.9 Å². The standard InChI is InChI=1S/C12H15N3O/c1-3-12(16)11-5-4-10(7-13-11)15-8-9(2)6-14-15/h4-8,12,16H,3H2,1-2H3/t12-/m0/s1. The molecule has 2 aromatic rings. The number of aromatic nitrogens is 3. The van der Waals surface area contributed by atoms with Gasteiger partial charge in [0.2, 0.25) is 0 Å². The minimum absolute atomic E-state index is 0.478. The smallest absolute Gasteiger partial charge is 0.0957 e. The Balaban J connectivity index is 2.25. The van der Waals surface area contributed by atoms with Crippen molar-refractivity contribution < 1.29 is 5.11 Å². The van der Waals surface area contributed by atoms with Crippen molar-refractivity contribution >= 4 is 0 Å². The first-order chi connectivity index (χ1) is 7.70. The maximum Gasteiger partial charge on any atom is 0.0957 e. The summed E-state index contributed by atoms with van der Waals surface area (Å²) >= 11 is 0. The van der Waals surface area contributed by atoms with Crippen molar-refractivity contribution in [2.45, 2.75) is 26.4 Å². The molecule has 0 aliphatic heterocycles. The van der Waals surface area contributed by atoms with Gasteiger partial charge in [0.25, 0.3) is 0 Å². The Morgan fingerprint density at radius 1 is 1.38 bits per heavy atom. The molecule has 2 rings (SSSR count). The van der Waals surface area contributed by atoms with Crippen LogP contribution in [0.2, 0.25) is 0 Å². The molecule has 0 aliphatic carbocycles. The molecule has 84 valence electrons. The molecule has 4 nitrogen and oxygen atoms in total. The van der Waals surface area contributed by atoms with E-state index in [4.69, 9.17) is 0 Å². The molecule has 0 unspecified atom stereocenters. The van der Waals surface area contributed by atoms with E-state index < -0.39 is 6.10 Å². The zero-order valence-electron chi connectivity index (χ0n) is 9.46. The van der Waals surface area contributed by atoms with Crippen LogP contribution < -0.4 is 0 Å². The summed E-state index contributed by atoms with van der Waals surface area (Å²) in [4.78, 5) is 4.22. The molecule has 0 spiro atoms. The van der Waals surface area contributed by atoms with Gasteiger partial charge in [0, 0.05) is 6.20 Å². The quantitative estimate of drug-likeness (QED) is 0.855. The van der Waals surface area contributed by atoms with Crippen LogP contribution in [0.25, 0.3) is 5.69 Å². The number of pyridine rings is 1. The van der Waals surface area contributed by atoms with Gasteiger partial charge in [-0.1, -0.05) is 6.92 Å². The van der Waals surface area contributed by atoms with Gasteiger partial charge < -0.3 is 5.11 Å². The Morgan fingerprint density at radius 2 is 2.19 bits per heavy atom. The van der Waals surface area contributed by atoms with E-state index in [-0.39, 0.29) is 0 Å². The number of aliphatic hydroxyl groups excluding tert-OH is 1. The number of aliphatic hydroxyl groups is 1. The predicted molar refractivity (Wildman–Crippen MR) is 61.3 cm³/mol. The Morgan fingerprint density at radius 3 is 2.69 bits per heavy atom. The van der Waals surface area contributed by atoms with E-state index in [2.05, 4.69) is 10.1 Å². The summed E-state index contributed by atoms with van der Waals surface area (Å²) in [7, 11) is 0. The summed E-state index contributed by atoms with van der Waals surface area (Å²) in [5.41, 5.74) is 2.72. The van der Waals surface area contributed by atoms with Crippen LogP contribution in [0, 0.1) is 6.92 Å². The first kappa shape index (κ1) is 10.8. The second-order valence-corrected chi connectivity index (χ2v) is 3.83. The molecule has 2 heterocycles. The SMILES string of the molecule is CC[C@H](O)c1ccc(-n2cc(C)cn2)cn1. The summed E-state index contributed by atoms with van der Waals surface area (Å²) < 4.78 is 1.77. The lowest BCUT2D eigenvalue weighted by Gasteiger charge is -2.07. The van der Waals surface area contributed by atoms with Gasteiger partial charge in [-0.05, 0) is 31.0 Å². The zero-order chi connectivity index (χ0) is 11.5. The van der Waals surface area contributed by atoms with Crippen molar-refractivity contribution in [2.75, 3.05) is 0 Å². The number of hydrogen-bond acceptors (Lipinski definition) is 3. The highest BCUT2D eigenvalue weighted by atomic mass is 16.3. The van der Waals surface area contributed by atoms with Crippen LogP contribution in [0.4, 0.5) is 0 Å². The van der Waals surface area contributed by atoms with Gasteiger partial charge >= 0.3 is 0 Å². The van der Waals surface area contributed by atoms with Crippen LogP contribution in [-0.2, 0) is 0 Å². The number of aryl methyl sites for hydroxylation is 1. The molecule has 0 aliphatic rings. The molecular weight excluding hydrogens is 202 g/mol. The fourth-order valence-corrected chi connectivity index (χ4v) is 1.49. The van der Waals surface area contributed by atoms with Gasteiger partial charge in [0.1, 0.15) is 0 Å². The summed E-state index contributed by atoms with van der Waals surface area (Å²) in [5.74, 6) is 0. The second-order valence-electron chi connectivity index (χ2n) is 3.83. The first-order valence-electron chi connectivity index (χ1n) is 5.36. The van der Waals surface area contributed by atoms with Gasteiger partial charge in [-0.25, -0.2) is 4.68 Å². The lowest BCUT2D eigenvalue weighted by molar-refractivity contribution is 0.169. The molecule has 0 amide bonds. The van der Waals surface area contributed by atoms with Gasteiger partial charge in [-0.15, -0.1) is 0 Å². The van der Waals surface area contributed by atoms with Crippen molar-refractivity contribution in [1.82, 2.24) is 14.8 Å². The summed E-state index contributed by atoms with van der Waals surface area (Å²) in [6.45, 7) is 3.92. The van der Waals surface area contributed by atoms with Crippen LogP contribution in [0.15, 0.2) is 30.7 Å². The third-order valence-corrected chi connectivity index (χ3v) is 2.48. The largest absolute Gasteiger partial charge is 0.387 e. The van der Waals surface area contributed by atoms with E-state index in [1.54, 1.807) is 17.1 Å². The van der Waals surface area contributed by atoms with Crippen molar-refractivity contribution in [2.24, 2.45) is 0 Å². The van der Waals surface area contributed by atoms with Crippen LogP contribution >= 0.6 is 0 Å². The average Bonchev–Trinajstić information content (AvgIpc) is 2.75. The third-order valence-electron chi connectivity index (χ3n) is 2.48. The molecule has 0 bridgehead atoms. The van der Waals surface area contributed by atoms with E-state index in [0.29, 0.717) is 12.1 Å². The molecular formula is C12H15N3O. The van der Waals surface area contributed by atoms with E-state index in [1.807, 2.05) is 32.2 Å². The summed E-state index contributed by atoms with van der Waals surface area (Å²) in [5, 5.41) is 13.8. The lowest BCUT2D eigenvalue weighted by atomic mass is 10.2. The Bertz CT molecular complexity index is 461. The molecule has 0 radical (unpaired) electrons. The predicted octanol–water partition coefficient (Wildman–Crippen LogP) is 2.02. The van der Waals surface area contributed by atoms with E-state index in [9.17, 15) is 5.11 Å². The van der Waals surface area contributed by atoms with E-state index in [0.717, 1.165) is 11.3 Å². The van der Waals surface area contributed by atoms with Gasteiger partial charge in [-0.3, -0.25) is 4.98 Å². The normalized spacial score (nSPS) is 12.7. The third kappa shape index (κ3) is 2.12. The van der Waals surface area contributed by atoms with Crippen LogP contribution in [0.1, 0.15) is 30.7 Å². The lowest BCUT2D eigenvalue weighted by Crippen LogP contribution is -2.01. The Labute approximate surface area is 94.6 Å². The number of rotatable bonds is 3. The van der Waals surface area contributed by atoms with Gasteiger partial charge in [0.05, 0.1) is 29.9 Å². The minimum Gasteiger partial charge on any atom is -0.387 e. The maximum absolute atomic E-state index is 9.61. The number of nitrogens with zero attached hydrogens (tertiary/aromatic N) is 3. The first-order valence-corrected chi connectivity index (χ1v) is 5.36. The molecule has 0 saturated heterocycles. The molecule has 4 heteroatoms. The zero-order valence-corrected chi connectivity index (χ0v) is 9.46. The van der Waals surface area contributed by atoms with Gasteiger partial charge in [-0.2, -0.15) is 5.10 Å². The van der Waals surface area contributed by atoms with Crippen molar-refractivity contribution in [3.05, 3.63) is 42.0 Å². The molecule has 1 N–H and O–H groups in total. The topological polar surface area (TPSA) is 50.9 Å². The molecule has 0 fully saturated rings. The highest BCUT2D eigenvalue weighted by Crippen LogP contribution is 2.15. The Kier molecular flexibility index (Phi) is 3.01. The molecule has 0 saturated carbocycles. The molecule has 16 heavy (non-hydrogen) atoms. The molecule has 1 atom stereocenters. The van der Waals surface area contributed by atoms with Crippen LogP contribution in [0.3, 0.4) is 0 Å². The highest BCUT2D eigenvalue weighted by molar-refractivity contribution is 5.29.